The van der Waals surface area contributed by atoms with Crippen molar-refractivity contribution < 1.29 is 32.2 Å². The molecular weight excluding hydrogens is 430 g/mol. The van der Waals surface area contributed by atoms with Crippen molar-refractivity contribution in [1.29, 1.82) is 0 Å². The lowest BCUT2D eigenvalue weighted by Crippen LogP contribution is -2.37. The molecule has 4 aromatic rings. The van der Waals surface area contributed by atoms with Crippen LogP contribution in [0.1, 0.15) is 23.2 Å². The number of ether oxygens (including phenoxy) is 1. The quantitative estimate of drug-likeness (QED) is 0.110. The Labute approximate surface area is 185 Å². The number of rotatable bonds is 7. The van der Waals surface area contributed by atoms with Crippen LogP contribution in [0.4, 0.5) is 0 Å². The lowest BCUT2D eigenvalue weighted by atomic mass is 10.0. The van der Waals surface area contributed by atoms with E-state index in [0.717, 1.165) is 5.52 Å². The predicted octanol–water partition coefficient (Wildman–Crippen LogP) is 3.87. The number of aromatic hydroxyl groups is 1. The molecule has 8 heteroatoms. The zero-order valence-corrected chi connectivity index (χ0v) is 18.0. The van der Waals surface area contributed by atoms with Crippen LogP contribution < -0.4 is 9.30 Å². The molecule has 0 radical (unpaired) electrons. The van der Waals surface area contributed by atoms with Gasteiger partial charge in [-0.25, -0.2) is 4.79 Å². The van der Waals surface area contributed by atoms with Crippen LogP contribution in [0.3, 0.4) is 0 Å². The Hall–Kier alpha value is -3.49. The van der Waals surface area contributed by atoms with Gasteiger partial charge in [-0.05, 0) is 36.8 Å². The van der Waals surface area contributed by atoms with Gasteiger partial charge >= 0.3 is 5.97 Å². The van der Waals surface area contributed by atoms with Gasteiger partial charge in [-0.3, -0.25) is 4.55 Å². The molecule has 0 unspecified atom stereocenters. The third-order valence-electron chi connectivity index (χ3n) is 5.20. The Balaban J connectivity index is 1.83. The summed E-state index contributed by atoms with van der Waals surface area (Å²) in [6.45, 7) is 0.464. The smallest absolute Gasteiger partial charge is 0.345 e. The van der Waals surface area contributed by atoms with Crippen molar-refractivity contribution in [2.45, 2.75) is 19.4 Å². The van der Waals surface area contributed by atoms with E-state index in [1.807, 2.05) is 34.9 Å². The molecule has 1 aromatic heterocycles. The van der Waals surface area contributed by atoms with E-state index in [4.69, 9.17) is 9.29 Å². The second-order valence-electron chi connectivity index (χ2n) is 7.44. The van der Waals surface area contributed by atoms with Gasteiger partial charge in [-0.2, -0.15) is 13.0 Å². The molecule has 32 heavy (non-hydrogen) atoms. The van der Waals surface area contributed by atoms with E-state index in [-0.39, 0.29) is 17.9 Å². The minimum absolute atomic E-state index is 0.0134. The second-order valence-corrected chi connectivity index (χ2v) is 9.01. The number of phenolic OH excluding ortho intramolecular Hbond substituents is 1. The number of phenols is 1. The highest BCUT2D eigenvalue weighted by Crippen LogP contribution is 2.29. The number of hydrogen-bond donors (Lipinski definition) is 2. The molecule has 164 valence electrons. The van der Waals surface area contributed by atoms with Crippen molar-refractivity contribution in [1.82, 2.24) is 0 Å². The Morgan fingerprint density at radius 1 is 0.875 bits per heavy atom. The molecule has 0 aliphatic rings. The van der Waals surface area contributed by atoms with E-state index in [9.17, 15) is 18.3 Å². The number of fused-ring (bicyclic) bond motifs is 2. The highest BCUT2D eigenvalue weighted by molar-refractivity contribution is 7.85. The molecule has 0 fully saturated rings. The first-order chi connectivity index (χ1) is 15.3. The van der Waals surface area contributed by atoms with E-state index in [1.165, 1.54) is 12.1 Å². The number of unbranched alkanes of at least 4 members (excludes halogenated alkanes) is 1. The highest BCUT2D eigenvalue weighted by atomic mass is 32.2. The maximum atomic E-state index is 13.2. The summed E-state index contributed by atoms with van der Waals surface area (Å²) in [7, 11) is -4.02. The van der Waals surface area contributed by atoms with Crippen LogP contribution in [0.2, 0.25) is 0 Å². The van der Waals surface area contributed by atoms with Crippen LogP contribution in [0.15, 0.2) is 72.8 Å². The number of benzene rings is 3. The van der Waals surface area contributed by atoms with Crippen molar-refractivity contribution in [3.8, 4) is 11.5 Å². The molecule has 3 aromatic carbocycles. The summed E-state index contributed by atoms with van der Waals surface area (Å²) in [5.41, 5.74) is 1.82. The number of nitrogens with zero attached hydrogens (tertiary/aromatic N) is 1. The average Bonchev–Trinajstić information content (AvgIpc) is 2.75. The standard InChI is InChI=1S/C24H21NO6S/c26-17-12-13-22-20(16-17)23(24(27)31-18-8-2-1-3-9-18)19-10-4-5-11-21(19)25(22)14-6-7-15-32(28,29)30/h1-5,8-13,16H,6-7,14-15H2,(H-,26,27,28,29,30)/p+1. The van der Waals surface area contributed by atoms with Crippen LogP contribution >= 0.6 is 0 Å². The Bertz CT molecular complexity index is 1400. The molecular formula is C24H22NO6S+. The van der Waals surface area contributed by atoms with Gasteiger partial charge in [0.1, 0.15) is 18.0 Å². The Kier molecular flexibility index (Phi) is 6.07. The van der Waals surface area contributed by atoms with Crippen LogP contribution in [0.25, 0.3) is 21.8 Å². The summed E-state index contributed by atoms with van der Waals surface area (Å²) in [6.07, 6.45) is 0.787. The lowest BCUT2D eigenvalue weighted by Gasteiger charge is -2.12. The summed E-state index contributed by atoms with van der Waals surface area (Å²) >= 11 is 0. The van der Waals surface area contributed by atoms with Gasteiger partial charge in [-0.1, -0.05) is 30.3 Å². The highest BCUT2D eigenvalue weighted by Gasteiger charge is 2.25. The van der Waals surface area contributed by atoms with Crippen LogP contribution in [-0.4, -0.2) is 29.8 Å². The maximum absolute atomic E-state index is 13.2. The van der Waals surface area contributed by atoms with Crippen molar-refractivity contribution in [3.63, 3.8) is 0 Å². The van der Waals surface area contributed by atoms with E-state index in [0.29, 0.717) is 40.6 Å². The van der Waals surface area contributed by atoms with Crippen LogP contribution in [0, 0.1) is 0 Å². The Morgan fingerprint density at radius 2 is 1.56 bits per heavy atom. The lowest BCUT2D eigenvalue weighted by molar-refractivity contribution is -0.645. The minimum Gasteiger partial charge on any atom is -0.508 e. The molecule has 0 bridgehead atoms. The van der Waals surface area contributed by atoms with Crippen LogP contribution in [0.5, 0.6) is 11.5 Å². The van der Waals surface area contributed by atoms with E-state index < -0.39 is 16.1 Å². The van der Waals surface area contributed by atoms with Gasteiger partial charge in [0.15, 0.2) is 0 Å². The normalized spacial score (nSPS) is 11.7. The molecule has 1 heterocycles. The molecule has 0 saturated heterocycles. The first kappa shape index (κ1) is 21.7. The number of aryl methyl sites for hydroxylation is 1. The van der Waals surface area contributed by atoms with Crippen molar-refractivity contribution >= 4 is 37.9 Å². The summed E-state index contributed by atoms with van der Waals surface area (Å²) < 4.78 is 38.7. The number of aromatic nitrogens is 1. The third kappa shape index (κ3) is 4.71. The number of esters is 1. The fraction of sp³-hybridized carbons (Fsp3) is 0.167. The fourth-order valence-corrected chi connectivity index (χ4v) is 4.39. The van der Waals surface area contributed by atoms with Crippen molar-refractivity contribution in [2.75, 3.05) is 5.75 Å². The Morgan fingerprint density at radius 3 is 2.31 bits per heavy atom. The van der Waals surface area contributed by atoms with E-state index in [2.05, 4.69) is 0 Å². The average molecular weight is 453 g/mol. The summed E-state index contributed by atoms with van der Waals surface area (Å²) in [6, 6.07) is 20.9. The number of carbonyl (C=O) groups excluding carboxylic acids is 1. The number of carbonyl (C=O) groups is 1. The van der Waals surface area contributed by atoms with Crippen molar-refractivity contribution in [3.05, 3.63) is 78.4 Å². The number of para-hydroxylation sites is 2. The zero-order chi connectivity index (χ0) is 22.7. The first-order valence-electron chi connectivity index (χ1n) is 10.1. The SMILES string of the molecule is O=C(Oc1ccccc1)c1c2ccccc2[n+](CCCCS(=O)(=O)O)c2ccc(O)cc12. The summed E-state index contributed by atoms with van der Waals surface area (Å²) in [5.74, 6) is -0.427. The summed E-state index contributed by atoms with van der Waals surface area (Å²) in [4.78, 5) is 13.2. The van der Waals surface area contributed by atoms with E-state index >= 15 is 0 Å². The molecule has 2 N–H and O–H groups in total. The topological polar surface area (TPSA) is 105 Å². The van der Waals surface area contributed by atoms with Gasteiger partial charge in [0.2, 0.25) is 11.0 Å². The molecule has 0 amide bonds. The zero-order valence-electron chi connectivity index (χ0n) is 17.1. The predicted molar refractivity (Wildman–Crippen MR) is 120 cm³/mol. The molecule has 0 aliphatic heterocycles. The van der Waals surface area contributed by atoms with Gasteiger partial charge in [0, 0.05) is 18.6 Å². The van der Waals surface area contributed by atoms with Crippen LogP contribution in [-0.2, 0) is 16.7 Å². The molecule has 4 rings (SSSR count). The maximum Gasteiger partial charge on any atom is 0.345 e. The minimum atomic E-state index is -4.02. The largest absolute Gasteiger partial charge is 0.508 e. The monoisotopic (exact) mass is 452 g/mol. The second kappa shape index (κ2) is 8.94. The third-order valence-corrected chi connectivity index (χ3v) is 6.00. The number of pyridine rings is 1. The van der Waals surface area contributed by atoms with Crippen molar-refractivity contribution in [2.24, 2.45) is 0 Å². The summed E-state index contributed by atoms with van der Waals surface area (Å²) in [5, 5.41) is 11.3. The molecule has 0 atom stereocenters. The first-order valence-corrected chi connectivity index (χ1v) is 11.7. The number of hydrogen-bond acceptors (Lipinski definition) is 5. The molecule has 7 nitrogen and oxygen atoms in total. The fourth-order valence-electron chi connectivity index (χ4n) is 3.82. The van der Waals surface area contributed by atoms with Gasteiger partial charge in [0.25, 0.3) is 10.1 Å². The van der Waals surface area contributed by atoms with Gasteiger partial charge in [-0.15, -0.1) is 0 Å². The molecule has 0 saturated carbocycles. The molecule has 0 spiro atoms. The van der Waals surface area contributed by atoms with Gasteiger partial charge < -0.3 is 9.84 Å². The van der Waals surface area contributed by atoms with E-state index in [1.54, 1.807) is 30.3 Å². The van der Waals surface area contributed by atoms with Gasteiger partial charge in [0.05, 0.1) is 22.1 Å². The molecule has 0 aliphatic carbocycles.